The normalized spacial score (nSPS) is 11.4. The molecule has 0 aliphatic rings. The predicted octanol–water partition coefficient (Wildman–Crippen LogP) is 5.50. The Morgan fingerprint density at radius 2 is 1.79 bits per heavy atom. The minimum Gasteiger partial charge on any atom is -0.471 e. The molecule has 7 nitrogen and oxygen atoms in total. The number of sulfonamides is 1. The zero-order valence-corrected chi connectivity index (χ0v) is 19.8. The fraction of sp³-hybridized carbons (Fsp3) is 0.0800. The van der Waals surface area contributed by atoms with Crippen molar-refractivity contribution in [2.75, 3.05) is 4.31 Å². The zero-order chi connectivity index (χ0) is 23.5. The Bertz CT molecular complexity index is 1540. The van der Waals surface area contributed by atoms with E-state index in [-0.39, 0.29) is 17.4 Å². The first-order valence-electron chi connectivity index (χ1n) is 10.4. The Labute approximate surface area is 201 Å². The lowest BCUT2D eigenvalue weighted by Gasteiger charge is -2.24. The third kappa shape index (κ3) is 4.35. The summed E-state index contributed by atoms with van der Waals surface area (Å²) in [6.07, 6.45) is 6.56. The van der Waals surface area contributed by atoms with Gasteiger partial charge >= 0.3 is 0 Å². The van der Waals surface area contributed by atoms with Gasteiger partial charge in [-0.1, -0.05) is 36.4 Å². The van der Waals surface area contributed by atoms with Crippen molar-refractivity contribution in [2.45, 2.75) is 18.4 Å². The van der Waals surface area contributed by atoms with E-state index >= 15 is 0 Å². The van der Waals surface area contributed by atoms with Crippen molar-refractivity contribution in [3.63, 3.8) is 0 Å². The summed E-state index contributed by atoms with van der Waals surface area (Å²) in [5.74, 6) is 0.207. The summed E-state index contributed by atoms with van der Waals surface area (Å²) in [5, 5.41) is 3.66. The number of rotatable bonds is 7. The van der Waals surface area contributed by atoms with Gasteiger partial charge < -0.3 is 4.74 Å². The van der Waals surface area contributed by atoms with E-state index < -0.39 is 10.0 Å². The highest BCUT2D eigenvalue weighted by Gasteiger charge is 2.32. The summed E-state index contributed by atoms with van der Waals surface area (Å²) < 4.78 is 35.2. The molecule has 0 saturated carbocycles. The van der Waals surface area contributed by atoms with Crippen LogP contribution in [0.4, 0.5) is 10.8 Å². The van der Waals surface area contributed by atoms with Gasteiger partial charge in [-0.15, -0.1) is 11.3 Å². The smallest absolute Gasteiger partial charge is 0.270 e. The largest absolute Gasteiger partial charge is 0.471 e. The molecule has 34 heavy (non-hydrogen) atoms. The molecule has 0 amide bonds. The summed E-state index contributed by atoms with van der Waals surface area (Å²) in [7, 11) is -4.05. The summed E-state index contributed by atoms with van der Waals surface area (Å²) >= 11 is 1.22. The number of nitrogens with zero attached hydrogens (tertiary/aromatic N) is 4. The fourth-order valence-corrected chi connectivity index (χ4v) is 5.85. The summed E-state index contributed by atoms with van der Waals surface area (Å²) in [4.78, 5) is 13.0. The predicted molar refractivity (Wildman–Crippen MR) is 133 cm³/mol. The molecule has 0 saturated heterocycles. The lowest BCUT2D eigenvalue weighted by Crippen LogP contribution is -2.27. The van der Waals surface area contributed by atoms with Gasteiger partial charge in [0.05, 0.1) is 4.90 Å². The van der Waals surface area contributed by atoms with E-state index in [1.54, 1.807) is 60.5 Å². The standard InChI is InChI=1S/C25H20N4O3S2/c1-18-13-23(24(28-15-18)32-17-19-5-3-2-4-6-19)29(25-27-11-12-33-25)34(30,31)22-8-7-21-16-26-10-9-20(21)14-22/h2-16H,17H2,1H3. The van der Waals surface area contributed by atoms with Crippen molar-refractivity contribution in [3.8, 4) is 5.88 Å². The number of fused-ring (bicyclic) bond motifs is 1. The molecule has 0 bridgehead atoms. The topological polar surface area (TPSA) is 85.3 Å². The lowest BCUT2D eigenvalue weighted by molar-refractivity contribution is 0.295. The van der Waals surface area contributed by atoms with Crippen LogP contribution in [0.25, 0.3) is 10.8 Å². The zero-order valence-electron chi connectivity index (χ0n) is 18.2. The number of thiazole rings is 1. The minimum absolute atomic E-state index is 0.136. The molecule has 0 aliphatic carbocycles. The Hall–Kier alpha value is -3.82. The van der Waals surface area contributed by atoms with Gasteiger partial charge in [0.15, 0.2) is 0 Å². The Balaban J connectivity index is 1.62. The molecular weight excluding hydrogens is 468 g/mol. The van der Waals surface area contributed by atoms with Crippen molar-refractivity contribution in [1.82, 2.24) is 15.0 Å². The molecule has 0 aliphatic heterocycles. The number of hydrogen-bond donors (Lipinski definition) is 0. The Morgan fingerprint density at radius 3 is 2.59 bits per heavy atom. The molecular formula is C25H20N4O3S2. The molecule has 3 heterocycles. The molecule has 170 valence electrons. The molecule has 9 heteroatoms. The summed E-state index contributed by atoms with van der Waals surface area (Å²) in [5.41, 5.74) is 2.05. The number of aromatic nitrogens is 3. The van der Waals surface area contributed by atoms with Crippen molar-refractivity contribution in [3.05, 3.63) is 102 Å². The van der Waals surface area contributed by atoms with Crippen LogP contribution in [0.1, 0.15) is 11.1 Å². The van der Waals surface area contributed by atoms with Gasteiger partial charge in [0.25, 0.3) is 10.0 Å². The second-order valence-corrected chi connectivity index (χ2v) is 10.2. The van der Waals surface area contributed by atoms with Gasteiger partial charge in [0, 0.05) is 35.6 Å². The van der Waals surface area contributed by atoms with Crippen LogP contribution < -0.4 is 9.04 Å². The summed E-state index contributed by atoms with van der Waals surface area (Å²) in [6.45, 7) is 2.10. The third-order valence-corrected chi connectivity index (χ3v) is 7.72. The molecule has 0 unspecified atom stereocenters. The first kappa shape index (κ1) is 22.0. The van der Waals surface area contributed by atoms with Crippen LogP contribution in [0.15, 0.2) is 95.7 Å². The van der Waals surface area contributed by atoms with Crippen LogP contribution in [-0.2, 0) is 16.6 Å². The maximum Gasteiger partial charge on any atom is 0.270 e. The van der Waals surface area contributed by atoms with Crippen LogP contribution >= 0.6 is 11.3 Å². The molecule has 0 atom stereocenters. The van der Waals surface area contributed by atoms with Crippen LogP contribution in [0.3, 0.4) is 0 Å². The van der Waals surface area contributed by atoms with E-state index in [0.29, 0.717) is 10.8 Å². The van der Waals surface area contributed by atoms with Crippen molar-refractivity contribution >= 4 is 43.0 Å². The second-order valence-electron chi connectivity index (χ2n) is 7.58. The molecule has 0 spiro atoms. The second kappa shape index (κ2) is 9.20. The van der Waals surface area contributed by atoms with Gasteiger partial charge in [0.1, 0.15) is 12.3 Å². The Morgan fingerprint density at radius 1 is 0.941 bits per heavy atom. The molecule has 0 fully saturated rings. The number of hydrogen-bond acceptors (Lipinski definition) is 7. The highest BCUT2D eigenvalue weighted by Crippen LogP contribution is 2.39. The van der Waals surface area contributed by atoms with Crippen LogP contribution in [-0.4, -0.2) is 23.4 Å². The maximum absolute atomic E-state index is 14.0. The number of ether oxygens (including phenoxy) is 1. The van der Waals surface area contributed by atoms with Crippen molar-refractivity contribution < 1.29 is 13.2 Å². The molecule has 0 radical (unpaired) electrons. The molecule has 5 aromatic rings. The van der Waals surface area contributed by atoms with Gasteiger partial charge in [0.2, 0.25) is 11.0 Å². The first-order chi connectivity index (χ1) is 16.5. The van der Waals surface area contributed by atoms with Crippen LogP contribution in [0.5, 0.6) is 5.88 Å². The highest BCUT2D eigenvalue weighted by molar-refractivity contribution is 7.93. The summed E-state index contributed by atoms with van der Waals surface area (Å²) in [6, 6.07) is 18.1. The average molecular weight is 489 g/mol. The molecule has 5 rings (SSSR count). The van der Waals surface area contributed by atoms with Crippen LogP contribution in [0.2, 0.25) is 0 Å². The van der Waals surface area contributed by atoms with Crippen molar-refractivity contribution in [1.29, 1.82) is 0 Å². The van der Waals surface area contributed by atoms with Gasteiger partial charge in [-0.05, 0) is 47.7 Å². The highest BCUT2D eigenvalue weighted by atomic mass is 32.2. The number of aryl methyl sites for hydroxylation is 1. The van der Waals surface area contributed by atoms with E-state index in [1.807, 2.05) is 37.3 Å². The van der Waals surface area contributed by atoms with Gasteiger partial charge in [-0.3, -0.25) is 4.98 Å². The van der Waals surface area contributed by atoms with E-state index in [2.05, 4.69) is 15.0 Å². The van der Waals surface area contributed by atoms with E-state index in [9.17, 15) is 8.42 Å². The fourth-order valence-electron chi connectivity index (χ4n) is 3.50. The monoisotopic (exact) mass is 488 g/mol. The third-order valence-electron chi connectivity index (χ3n) is 5.15. The van der Waals surface area contributed by atoms with Gasteiger partial charge in [-0.2, -0.15) is 0 Å². The Kier molecular flexibility index (Phi) is 5.95. The quantitative estimate of drug-likeness (QED) is 0.301. The SMILES string of the molecule is Cc1cnc(OCc2ccccc2)c(N(c2nccs2)S(=O)(=O)c2ccc3cnccc3c2)c1. The first-order valence-corrected chi connectivity index (χ1v) is 12.8. The van der Waals surface area contributed by atoms with Gasteiger partial charge in [-0.25, -0.2) is 22.7 Å². The molecule has 0 N–H and O–H groups in total. The van der Waals surface area contributed by atoms with E-state index in [1.165, 1.54) is 15.6 Å². The van der Waals surface area contributed by atoms with Crippen molar-refractivity contribution in [2.24, 2.45) is 0 Å². The molecule has 2 aromatic carbocycles. The number of anilines is 2. The molecule has 3 aromatic heterocycles. The van der Waals surface area contributed by atoms with E-state index in [0.717, 1.165) is 21.9 Å². The lowest BCUT2D eigenvalue weighted by atomic mass is 10.2. The van der Waals surface area contributed by atoms with Crippen LogP contribution in [0, 0.1) is 6.92 Å². The number of benzene rings is 2. The van der Waals surface area contributed by atoms with E-state index in [4.69, 9.17) is 4.74 Å². The minimum atomic E-state index is -4.05. The average Bonchev–Trinajstić information content (AvgIpc) is 3.38. The number of pyridine rings is 2. The maximum atomic E-state index is 14.0.